The lowest BCUT2D eigenvalue weighted by atomic mass is 9.79. The van der Waals surface area contributed by atoms with E-state index in [1.54, 1.807) is 6.07 Å². The maximum absolute atomic E-state index is 13.0. The van der Waals surface area contributed by atoms with E-state index in [1.807, 2.05) is 53.4 Å². The van der Waals surface area contributed by atoms with Gasteiger partial charge in [0.1, 0.15) is 18.4 Å². The van der Waals surface area contributed by atoms with Crippen LogP contribution in [0.4, 0.5) is 0 Å². The van der Waals surface area contributed by atoms with Gasteiger partial charge in [0.25, 0.3) is 0 Å². The molecule has 2 aromatic carbocycles. The molecule has 0 bridgehead atoms. The minimum absolute atomic E-state index is 0.0157. The van der Waals surface area contributed by atoms with Crippen LogP contribution in [0.25, 0.3) is 11.1 Å². The second kappa shape index (κ2) is 9.06. The average molecular weight is 450 g/mol. The SMILES string of the molecule is CC(C)N1C[C@H](Oc2ccccc2)[C@@H]1C1CCN(C(=O)Cn2c(=O)oc3ccccc32)CC1. The van der Waals surface area contributed by atoms with Crippen LogP contribution in [0.1, 0.15) is 26.7 Å². The normalized spacial score (nSPS) is 22.0. The van der Waals surface area contributed by atoms with E-state index in [0.717, 1.165) is 25.1 Å². The number of rotatable bonds is 6. The molecule has 2 fully saturated rings. The maximum atomic E-state index is 13.0. The minimum Gasteiger partial charge on any atom is -0.487 e. The third kappa shape index (κ3) is 4.29. The molecule has 7 nitrogen and oxygen atoms in total. The quantitative estimate of drug-likeness (QED) is 0.577. The molecule has 0 radical (unpaired) electrons. The fourth-order valence-electron chi connectivity index (χ4n) is 5.31. The van der Waals surface area contributed by atoms with Crippen molar-refractivity contribution < 1.29 is 13.9 Å². The number of ether oxygens (including phenoxy) is 1. The van der Waals surface area contributed by atoms with Gasteiger partial charge in [-0.1, -0.05) is 30.3 Å². The largest absolute Gasteiger partial charge is 0.487 e. The van der Waals surface area contributed by atoms with Crippen LogP contribution in [0, 0.1) is 5.92 Å². The monoisotopic (exact) mass is 449 g/mol. The second-order valence-corrected chi connectivity index (χ2v) is 9.39. The fourth-order valence-corrected chi connectivity index (χ4v) is 5.31. The van der Waals surface area contributed by atoms with E-state index in [4.69, 9.17) is 9.15 Å². The zero-order valence-electron chi connectivity index (χ0n) is 19.2. The van der Waals surface area contributed by atoms with Crippen LogP contribution < -0.4 is 10.5 Å². The summed E-state index contributed by atoms with van der Waals surface area (Å²) in [5, 5.41) is 0. The number of carbonyl (C=O) groups excluding carboxylic acids is 1. The van der Waals surface area contributed by atoms with E-state index < -0.39 is 5.76 Å². The summed E-state index contributed by atoms with van der Waals surface area (Å²) in [4.78, 5) is 29.6. The Hall–Kier alpha value is -3.06. The molecule has 5 rings (SSSR count). The molecule has 2 aliphatic rings. The van der Waals surface area contributed by atoms with Gasteiger partial charge in [0, 0.05) is 25.7 Å². The number of para-hydroxylation sites is 3. The summed E-state index contributed by atoms with van der Waals surface area (Å²) in [6, 6.07) is 18.1. The first-order valence-electron chi connectivity index (χ1n) is 11.8. The van der Waals surface area contributed by atoms with Gasteiger partial charge in [-0.15, -0.1) is 0 Å². The molecule has 7 heteroatoms. The van der Waals surface area contributed by atoms with Crippen LogP contribution in [0.3, 0.4) is 0 Å². The first kappa shape index (κ1) is 21.8. The van der Waals surface area contributed by atoms with E-state index in [-0.39, 0.29) is 18.6 Å². The van der Waals surface area contributed by atoms with Gasteiger partial charge in [-0.2, -0.15) is 0 Å². The Morgan fingerprint density at radius 2 is 1.76 bits per heavy atom. The van der Waals surface area contributed by atoms with Crippen LogP contribution in [-0.4, -0.2) is 58.1 Å². The van der Waals surface area contributed by atoms with Crippen molar-refractivity contribution in [2.24, 2.45) is 5.92 Å². The van der Waals surface area contributed by atoms with Crippen molar-refractivity contribution in [2.75, 3.05) is 19.6 Å². The topological polar surface area (TPSA) is 67.9 Å². The Morgan fingerprint density at radius 1 is 1.06 bits per heavy atom. The van der Waals surface area contributed by atoms with Crippen molar-refractivity contribution in [3.63, 3.8) is 0 Å². The number of benzene rings is 2. The number of carbonyl (C=O) groups is 1. The lowest BCUT2D eigenvalue weighted by Crippen LogP contribution is -2.68. The van der Waals surface area contributed by atoms with Crippen LogP contribution in [0.15, 0.2) is 63.8 Å². The van der Waals surface area contributed by atoms with Crippen molar-refractivity contribution in [1.29, 1.82) is 0 Å². The van der Waals surface area contributed by atoms with Gasteiger partial charge in [0.15, 0.2) is 5.58 Å². The predicted molar refractivity (Wildman–Crippen MR) is 126 cm³/mol. The highest BCUT2D eigenvalue weighted by Crippen LogP contribution is 2.36. The maximum Gasteiger partial charge on any atom is 0.420 e. The van der Waals surface area contributed by atoms with Gasteiger partial charge in [0.05, 0.1) is 11.6 Å². The molecule has 2 aliphatic heterocycles. The predicted octanol–water partition coefficient (Wildman–Crippen LogP) is 3.37. The van der Waals surface area contributed by atoms with Crippen molar-refractivity contribution in [3.8, 4) is 5.75 Å². The van der Waals surface area contributed by atoms with E-state index in [1.165, 1.54) is 4.57 Å². The van der Waals surface area contributed by atoms with Gasteiger partial charge in [-0.05, 0) is 56.9 Å². The number of fused-ring (bicyclic) bond motifs is 1. The van der Waals surface area contributed by atoms with Gasteiger partial charge < -0.3 is 14.1 Å². The molecule has 0 saturated carbocycles. The van der Waals surface area contributed by atoms with Crippen LogP contribution in [0.2, 0.25) is 0 Å². The number of hydrogen-bond acceptors (Lipinski definition) is 5. The zero-order chi connectivity index (χ0) is 22.9. The summed E-state index contributed by atoms with van der Waals surface area (Å²) >= 11 is 0. The molecule has 0 spiro atoms. The molecule has 174 valence electrons. The third-order valence-corrected chi connectivity index (χ3v) is 7.09. The third-order valence-electron chi connectivity index (χ3n) is 7.09. The Morgan fingerprint density at radius 3 is 2.48 bits per heavy atom. The first-order chi connectivity index (χ1) is 16.0. The Labute approximate surface area is 193 Å². The number of hydrogen-bond donors (Lipinski definition) is 0. The Kier molecular flexibility index (Phi) is 5.98. The number of oxazole rings is 1. The molecule has 3 heterocycles. The fraction of sp³-hybridized carbons (Fsp3) is 0.462. The summed E-state index contributed by atoms with van der Waals surface area (Å²) in [6.45, 7) is 6.83. The first-order valence-corrected chi connectivity index (χ1v) is 11.8. The molecule has 33 heavy (non-hydrogen) atoms. The summed E-state index contributed by atoms with van der Waals surface area (Å²) in [7, 11) is 0. The summed E-state index contributed by atoms with van der Waals surface area (Å²) in [5.41, 5.74) is 1.17. The van der Waals surface area contributed by atoms with Gasteiger partial charge >= 0.3 is 5.76 Å². The molecule has 0 aliphatic carbocycles. The number of likely N-dealkylation sites (tertiary alicyclic amines) is 2. The highest BCUT2D eigenvalue weighted by Gasteiger charge is 2.47. The van der Waals surface area contributed by atoms with Crippen molar-refractivity contribution in [3.05, 3.63) is 65.1 Å². The van der Waals surface area contributed by atoms with E-state index in [9.17, 15) is 9.59 Å². The molecule has 1 amide bonds. The Bertz CT molecular complexity index is 1160. The highest BCUT2D eigenvalue weighted by molar-refractivity contribution is 5.79. The van der Waals surface area contributed by atoms with E-state index >= 15 is 0 Å². The number of piperidine rings is 1. The molecular weight excluding hydrogens is 418 g/mol. The molecule has 1 aromatic heterocycles. The van der Waals surface area contributed by atoms with Crippen LogP contribution in [0.5, 0.6) is 5.75 Å². The summed E-state index contributed by atoms with van der Waals surface area (Å²) in [6.07, 6.45) is 2.06. The van der Waals surface area contributed by atoms with Crippen molar-refractivity contribution in [2.45, 2.75) is 51.4 Å². The van der Waals surface area contributed by atoms with Crippen molar-refractivity contribution >= 4 is 17.0 Å². The minimum atomic E-state index is -0.484. The molecule has 0 unspecified atom stereocenters. The summed E-state index contributed by atoms with van der Waals surface area (Å²) in [5.74, 6) is 0.883. The van der Waals surface area contributed by atoms with Crippen LogP contribution >= 0.6 is 0 Å². The molecular formula is C26H31N3O4. The van der Waals surface area contributed by atoms with Crippen molar-refractivity contribution in [1.82, 2.24) is 14.4 Å². The molecule has 2 saturated heterocycles. The molecule has 3 aromatic rings. The lowest BCUT2D eigenvalue weighted by molar-refractivity contribution is -0.136. The number of aromatic nitrogens is 1. The average Bonchev–Trinajstić information content (AvgIpc) is 3.12. The number of nitrogens with zero attached hydrogens (tertiary/aromatic N) is 3. The molecule has 2 atom stereocenters. The highest BCUT2D eigenvalue weighted by atomic mass is 16.5. The number of amides is 1. The Balaban J connectivity index is 1.22. The lowest BCUT2D eigenvalue weighted by Gasteiger charge is -2.54. The molecule has 0 N–H and O–H groups in total. The smallest absolute Gasteiger partial charge is 0.420 e. The van der Waals surface area contributed by atoms with E-state index in [2.05, 4.69) is 18.7 Å². The standard InChI is InChI=1S/C26H31N3O4/c1-18(2)28-16-23(32-20-8-4-3-5-9-20)25(28)19-12-14-27(15-13-19)24(30)17-29-21-10-6-7-11-22(21)33-26(29)31/h3-11,18-19,23,25H,12-17H2,1-2H3/t23-,25-/m0/s1. The summed E-state index contributed by atoms with van der Waals surface area (Å²) < 4.78 is 13.0. The zero-order valence-corrected chi connectivity index (χ0v) is 19.2. The van der Waals surface area contributed by atoms with Gasteiger partial charge in [0.2, 0.25) is 5.91 Å². The van der Waals surface area contributed by atoms with E-state index in [0.29, 0.717) is 42.2 Å². The van der Waals surface area contributed by atoms with Gasteiger partial charge in [-0.25, -0.2) is 4.79 Å². The van der Waals surface area contributed by atoms with Gasteiger partial charge in [-0.3, -0.25) is 14.3 Å². The van der Waals surface area contributed by atoms with Crippen LogP contribution in [-0.2, 0) is 11.3 Å². The second-order valence-electron chi connectivity index (χ2n) is 9.39.